The molecule has 0 atom stereocenters. The molecular formula is C13H8Cl3NOS. The van der Waals surface area contributed by atoms with Crippen LogP contribution in [-0.4, -0.2) is 4.99 Å². The number of thiocarbonyl (C=S) groups is 1. The van der Waals surface area contributed by atoms with Gasteiger partial charge in [-0.3, -0.25) is 0 Å². The highest BCUT2D eigenvalue weighted by molar-refractivity contribution is 7.80. The van der Waals surface area contributed by atoms with E-state index in [0.717, 1.165) is 0 Å². The SMILES string of the molecule is NC(=S)c1cc(Cl)ccc1Oc1cc(Cl)cc(Cl)c1. The van der Waals surface area contributed by atoms with E-state index in [2.05, 4.69) is 0 Å². The highest BCUT2D eigenvalue weighted by Crippen LogP contribution is 2.31. The number of ether oxygens (including phenoxy) is 1. The van der Waals surface area contributed by atoms with Gasteiger partial charge in [0.05, 0.1) is 5.56 Å². The predicted octanol–water partition coefficient (Wildman–Crippen LogP) is 5.07. The minimum absolute atomic E-state index is 0.200. The quantitative estimate of drug-likeness (QED) is 0.797. The number of halogens is 3. The van der Waals surface area contributed by atoms with Gasteiger partial charge in [0.2, 0.25) is 0 Å². The topological polar surface area (TPSA) is 35.2 Å². The molecule has 2 nitrogen and oxygen atoms in total. The van der Waals surface area contributed by atoms with E-state index in [4.69, 9.17) is 57.5 Å². The summed E-state index contributed by atoms with van der Waals surface area (Å²) in [5, 5.41) is 1.49. The average Bonchev–Trinajstić information content (AvgIpc) is 2.30. The van der Waals surface area contributed by atoms with Crippen molar-refractivity contribution < 1.29 is 4.74 Å². The van der Waals surface area contributed by atoms with Crippen LogP contribution in [0.15, 0.2) is 36.4 Å². The molecule has 0 aliphatic rings. The lowest BCUT2D eigenvalue weighted by molar-refractivity contribution is 0.482. The summed E-state index contributed by atoms with van der Waals surface area (Å²) in [4.78, 5) is 0.200. The first kappa shape index (κ1) is 14.4. The Hall–Kier alpha value is -1.000. The Morgan fingerprint density at radius 1 is 0.947 bits per heavy atom. The van der Waals surface area contributed by atoms with Crippen molar-refractivity contribution in [2.24, 2.45) is 5.73 Å². The van der Waals surface area contributed by atoms with Crippen LogP contribution in [0, 0.1) is 0 Å². The monoisotopic (exact) mass is 331 g/mol. The summed E-state index contributed by atoms with van der Waals surface area (Å²) in [6.45, 7) is 0. The molecule has 2 aromatic carbocycles. The van der Waals surface area contributed by atoms with Gasteiger partial charge in [-0.1, -0.05) is 47.0 Å². The lowest BCUT2D eigenvalue weighted by atomic mass is 10.2. The van der Waals surface area contributed by atoms with Crippen molar-refractivity contribution in [2.75, 3.05) is 0 Å². The average molecular weight is 333 g/mol. The molecule has 0 radical (unpaired) electrons. The van der Waals surface area contributed by atoms with Crippen LogP contribution in [0.4, 0.5) is 0 Å². The molecule has 2 aromatic rings. The number of benzene rings is 2. The summed E-state index contributed by atoms with van der Waals surface area (Å²) in [7, 11) is 0. The summed E-state index contributed by atoms with van der Waals surface area (Å²) in [5.41, 5.74) is 6.19. The second-order valence-corrected chi connectivity index (χ2v) is 5.46. The summed E-state index contributed by atoms with van der Waals surface area (Å²) in [6, 6.07) is 9.92. The van der Waals surface area contributed by atoms with Crippen molar-refractivity contribution in [3.63, 3.8) is 0 Å². The largest absolute Gasteiger partial charge is 0.457 e. The van der Waals surface area contributed by atoms with Gasteiger partial charge in [0.1, 0.15) is 16.5 Å². The van der Waals surface area contributed by atoms with Gasteiger partial charge < -0.3 is 10.5 Å². The zero-order valence-electron chi connectivity index (χ0n) is 9.49. The smallest absolute Gasteiger partial charge is 0.137 e. The van der Waals surface area contributed by atoms with Crippen molar-refractivity contribution in [2.45, 2.75) is 0 Å². The number of nitrogens with two attached hydrogens (primary N) is 1. The molecule has 0 saturated carbocycles. The molecule has 0 spiro atoms. The first-order valence-corrected chi connectivity index (χ1v) is 6.73. The normalized spacial score (nSPS) is 10.3. The summed E-state index contributed by atoms with van der Waals surface area (Å²) < 4.78 is 5.69. The summed E-state index contributed by atoms with van der Waals surface area (Å²) >= 11 is 22.7. The van der Waals surface area contributed by atoms with Crippen molar-refractivity contribution in [3.8, 4) is 11.5 Å². The summed E-state index contributed by atoms with van der Waals surface area (Å²) in [6.07, 6.45) is 0. The molecule has 2 N–H and O–H groups in total. The predicted molar refractivity (Wildman–Crippen MR) is 83.9 cm³/mol. The lowest BCUT2D eigenvalue weighted by Gasteiger charge is -2.11. The molecule has 0 saturated heterocycles. The first-order valence-electron chi connectivity index (χ1n) is 5.19. The second kappa shape index (κ2) is 5.97. The maximum atomic E-state index is 5.91. The number of rotatable bonds is 3. The van der Waals surface area contributed by atoms with Gasteiger partial charge >= 0.3 is 0 Å². The molecule has 0 aliphatic carbocycles. The fraction of sp³-hybridized carbons (Fsp3) is 0. The van der Waals surface area contributed by atoms with E-state index in [1.54, 1.807) is 36.4 Å². The van der Waals surface area contributed by atoms with Gasteiger partial charge in [-0.2, -0.15) is 0 Å². The number of hydrogen-bond acceptors (Lipinski definition) is 2. The van der Waals surface area contributed by atoms with Crippen molar-refractivity contribution in [1.82, 2.24) is 0 Å². The van der Waals surface area contributed by atoms with E-state index in [0.29, 0.717) is 32.1 Å². The Kier molecular flexibility index (Phi) is 4.53. The molecule has 0 unspecified atom stereocenters. The van der Waals surface area contributed by atoms with Crippen LogP contribution >= 0.6 is 47.0 Å². The first-order chi connectivity index (χ1) is 8.95. The van der Waals surface area contributed by atoms with Crippen LogP contribution in [0.25, 0.3) is 0 Å². The molecule has 2 rings (SSSR count). The molecule has 0 fully saturated rings. The van der Waals surface area contributed by atoms with Crippen LogP contribution in [0.2, 0.25) is 15.1 Å². The molecule has 0 amide bonds. The molecule has 0 aliphatic heterocycles. The van der Waals surface area contributed by atoms with Crippen LogP contribution in [-0.2, 0) is 0 Å². The van der Waals surface area contributed by atoms with Gasteiger partial charge in [0, 0.05) is 15.1 Å². The fourth-order valence-corrected chi connectivity index (χ4v) is 2.34. The third kappa shape index (κ3) is 3.74. The van der Waals surface area contributed by atoms with Crippen LogP contribution in [0.5, 0.6) is 11.5 Å². The van der Waals surface area contributed by atoms with E-state index in [1.165, 1.54) is 0 Å². The molecule has 98 valence electrons. The van der Waals surface area contributed by atoms with Crippen LogP contribution in [0.1, 0.15) is 5.56 Å². The van der Waals surface area contributed by atoms with Crippen molar-refractivity contribution in [3.05, 3.63) is 57.0 Å². The van der Waals surface area contributed by atoms with E-state index >= 15 is 0 Å². The Morgan fingerprint density at radius 3 is 2.16 bits per heavy atom. The molecule has 6 heteroatoms. The van der Waals surface area contributed by atoms with Crippen molar-refractivity contribution >= 4 is 52.0 Å². The third-order valence-electron chi connectivity index (χ3n) is 2.27. The molecule has 0 bridgehead atoms. The van der Waals surface area contributed by atoms with Crippen molar-refractivity contribution in [1.29, 1.82) is 0 Å². The zero-order chi connectivity index (χ0) is 14.0. The van der Waals surface area contributed by atoms with Crippen LogP contribution in [0.3, 0.4) is 0 Å². The van der Waals surface area contributed by atoms with E-state index < -0.39 is 0 Å². The Morgan fingerprint density at radius 2 is 1.58 bits per heavy atom. The lowest BCUT2D eigenvalue weighted by Crippen LogP contribution is -2.10. The fourth-order valence-electron chi connectivity index (χ4n) is 1.50. The van der Waals surface area contributed by atoms with E-state index in [9.17, 15) is 0 Å². The van der Waals surface area contributed by atoms with E-state index in [-0.39, 0.29) is 4.99 Å². The zero-order valence-corrected chi connectivity index (χ0v) is 12.6. The van der Waals surface area contributed by atoms with Gasteiger partial charge in [0.25, 0.3) is 0 Å². The highest BCUT2D eigenvalue weighted by Gasteiger charge is 2.09. The standard InChI is InChI=1S/C13H8Cl3NOS/c14-7-1-2-12(11(6-7)13(17)19)18-10-4-8(15)3-9(16)5-10/h1-6H,(H2,17,19). The second-order valence-electron chi connectivity index (χ2n) is 3.71. The Balaban J connectivity index is 2.40. The maximum Gasteiger partial charge on any atom is 0.137 e. The maximum absolute atomic E-state index is 5.91. The van der Waals surface area contributed by atoms with E-state index in [1.807, 2.05) is 0 Å². The number of hydrogen-bond donors (Lipinski definition) is 1. The third-order valence-corrected chi connectivity index (χ3v) is 3.16. The molecule has 0 heterocycles. The van der Waals surface area contributed by atoms with Crippen LogP contribution < -0.4 is 10.5 Å². The van der Waals surface area contributed by atoms with Gasteiger partial charge in [-0.15, -0.1) is 0 Å². The minimum atomic E-state index is 0.200. The highest BCUT2D eigenvalue weighted by atomic mass is 35.5. The Bertz CT molecular complexity index is 626. The Labute approximate surface area is 131 Å². The molecule has 0 aromatic heterocycles. The minimum Gasteiger partial charge on any atom is -0.457 e. The molecule has 19 heavy (non-hydrogen) atoms. The molecular weight excluding hydrogens is 325 g/mol. The van der Waals surface area contributed by atoms with Gasteiger partial charge in [-0.05, 0) is 36.4 Å². The summed E-state index contributed by atoms with van der Waals surface area (Å²) in [5.74, 6) is 0.993. The van der Waals surface area contributed by atoms with Gasteiger partial charge in [-0.25, -0.2) is 0 Å². The van der Waals surface area contributed by atoms with Gasteiger partial charge in [0.15, 0.2) is 0 Å².